The molecule has 0 saturated carbocycles. The third-order valence-corrected chi connectivity index (χ3v) is 4.92. The van der Waals surface area contributed by atoms with Crippen LogP contribution in [0.25, 0.3) is 10.9 Å². The number of methoxy groups -OCH3 is 1. The molecule has 5 nitrogen and oxygen atoms in total. The number of ether oxygens (including phenoxy) is 3. The fraction of sp³-hybridized carbons (Fsp3) is 0.273. The van der Waals surface area contributed by atoms with Crippen LogP contribution >= 0.6 is 11.6 Å². The first-order valence-corrected chi connectivity index (χ1v) is 9.85. The summed E-state index contributed by atoms with van der Waals surface area (Å²) in [6.45, 7) is -2.13. The molecule has 0 amide bonds. The number of alkyl halides is 2. The first-order chi connectivity index (χ1) is 15.2. The molecule has 0 N–H and O–H groups in total. The van der Waals surface area contributed by atoms with Crippen molar-refractivity contribution in [1.82, 2.24) is 4.98 Å². The first kappa shape index (κ1) is 23.6. The van der Waals surface area contributed by atoms with Gasteiger partial charge >= 0.3 is 12.6 Å². The van der Waals surface area contributed by atoms with Crippen molar-refractivity contribution in [1.29, 1.82) is 0 Å². The normalized spacial score (nSPS) is 11.1. The number of benzene rings is 2. The monoisotopic (exact) mass is 471 g/mol. The highest BCUT2D eigenvalue weighted by Gasteiger charge is 2.25. The Morgan fingerprint density at radius 3 is 2.53 bits per heavy atom. The Kier molecular flexibility index (Phi) is 7.40. The second-order valence-corrected chi connectivity index (χ2v) is 7.08. The number of carbonyl (C=O) groups is 1. The van der Waals surface area contributed by atoms with Gasteiger partial charge in [0.1, 0.15) is 28.7 Å². The van der Waals surface area contributed by atoms with Gasteiger partial charge in [-0.3, -0.25) is 0 Å². The maximum absolute atomic E-state index is 14.6. The number of carbonyl (C=O) groups excluding carboxylic acids is 1. The Labute approximate surface area is 185 Å². The lowest BCUT2D eigenvalue weighted by Gasteiger charge is -2.19. The van der Waals surface area contributed by atoms with E-state index in [1.807, 2.05) is 0 Å². The maximum Gasteiger partial charge on any atom is 0.387 e. The number of hydrogen-bond acceptors (Lipinski definition) is 5. The van der Waals surface area contributed by atoms with Crippen molar-refractivity contribution < 1.29 is 36.6 Å². The van der Waals surface area contributed by atoms with Gasteiger partial charge in [-0.2, -0.15) is 8.78 Å². The van der Waals surface area contributed by atoms with Crippen LogP contribution in [0.15, 0.2) is 30.3 Å². The summed E-state index contributed by atoms with van der Waals surface area (Å²) >= 11 is 5.79. The molecule has 0 unspecified atom stereocenters. The van der Waals surface area contributed by atoms with E-state index in [1.165, 1.54) is 18.2 Å². The molecule has 0 spiro atoms. The second-order valence-electron chi connectivity index (χ2n) is 6.64. The van der Waals surface area contributed by atoms with Crippen molar-refractivity contribution in [3.8, 4) is 11.5 Å². The first-order valence-electron chi connectivity index (χ1n) is 9.47. The highest BCUT2D eigenvalue weighted by Crippen LogP contribution is 2.40. The standard InChI is InChI=1S/C22H18ClF4NO4/c1-3-16-13(8-11-4-5-12(23)9-15(11)25)21(32-22(26)27)19-17(31-10-18(29)30-2)7-6-14(24)20(19)28-16/h4-7,9,22H,3,8,10H2,1-2H3. The number of rotatable bonds is 8. The Morgan fingerprint density at radius 2 is 1.91 bits per heavy atom. The summed E-state index contributed by atoms with van der Waals surface area (Å²) in [5.74, 6) is -2.71. The number of aryl methyl sites for hydroxylation is 1. The fourth-order valence-corrected chi connectivity index (χ4v) is 3.38. The molecular weight excluding hydrogens is 454 g/mol. The SMILES string of the molecule is CCc1nc2c(F)ccc(OCC(=O)OC)c2c(OC(F)F)c1Cc1ccc(Cl)cc1F. The number of halogens is 5. The molecule has 0 aliphatic heterocycles. The predicted molar refractivity (Wildman–Crippen MR) is 109 cm³/mol. The summed E-state index contributed by atoms with van der Waals surface area (Å²) < 4.78 is 70.5. The highest BCUT2D eigenvalue weighted by molar-refractivity contribution is 6.30. The van der Waals surface area contributed by atoms with E-state index in [-0.39, 0.29) is 51.3 Å². The smallest absolute Gasteiger partial charge is 0.387 e. The lowest BCUT2D eigenvalue weighted by molar-refractivity contribution is -0.142. The quantitative estimate of drug-likeness (QED) is 0.322. The summed E-state index contributed by atoms with van der Waals surface area (Å²) in [6.07, 6.45) is 0.0525. The Morgan fingerprint density at radius 1 is 1.16 bits per heavy atom. The molecule has 3 aromatic rings. The van der Waals surface area contributed by atoms with Crippen molar-refractivity contribution in [2.24, 2.45) is 0 Å². The number of hydrogen-bond donors (Lipinski definition) is 0. The van der Waals surface area contributed by atoms with Crippen LogP contribution in [-0.4, -0.2) is 31.3 Å². The fourth-order valence-electron chi connectivity index (χ4n) is 3.23. The van der Waals surface area contributed by atoms with Crippen molar-refractivity contribution >= 4 is 28.5 Å². The third kappa shape index (κ3) is 5.04. The molecule has 0 fully saturated rings. The van der Waals surface area contributed by atoms with Crippen molar-refractivity contribution in [2.45, 2.75) is 26.4 Å². The largest absolute Gasteiger partial charge is 0.481 e. The molecule has 32 heavy (non-hydrogen) atoms. The van der Waals surface area contributed by atoms with Crippen LogP contribution in [0.3, 0.4) is 0 Å². The minimum Gasteiger partial charge on any atom is -0.481 e. The van der Waals surface area contributed by atoms with Gasteiger partial charge in [0.25, 0.3) is 0 Å². The summed E-state index contributed by atoms with van der Waals surface area (Å²) in [5.41, 5.74) is 0.250. The Hall–Kier alpha value is -3.07. The Bertz CT molecular complexity index is 1160. The Balaban J connectivity index is 2.27. The highest BCUT2D eigenvalue weighted by atomic mass is 35.5. The van der Waals surface area contributed by atoms with Gasteiger partial charge in [-0.1, -0.05) is 24.6 Å². The lowest BCUT2D eigenvalue weighted by atomic mass is 9.98. The van der Waals surface area contributed by atoms with E-state index in [1.54, 1.807) is 6.92 Å². The van der Waals surface area contributed by atoms with E-state index < -0.39 is 36.6 Å². The van der Waals surface area contributed by atoms with E-state index in [0.717, 1.165) is 19.2 Å². The molecule has 0 aliphatic carbocycles. The molecule has 0 atom stereocenters. The van der Waals surface area contributed by atoms with Crippen LogP contribution in [0, 0.1) is 11.6 Å². The van der Waals surface area contributed by atoms with E-state index in [2.05, 4.69) is 9.72 Å². The summed E-state index contributed by atoms with van der Waals surface area (Å²) in [5, 5.41) is -0.0287. The van der Waals surface area contributed by atoms with Gasteiger partial charge in [-0.25, -0.2) is 18.6 Å². The zero-order valence-corrected chi connectivity index (χ0v) is 17.8. The van der Waals surface area contributed by atoms with Crippen LogP contribution in [0.4, 0.5) is 17.6 Å². The second kappa shape index (κ2) is 10.0. The number of aromatic nitrogens is 1. The van der Waals surface area contributed by atoms with Gasteiger partial charge in [0.2, 0.25) is 0 Å². The number of fused-ring (bicyclic) bond motifs is 1. The van der Waals surface area contributed by atoms with Crippen LogP contribution < -0.4 is 9.47 Å². The molecule has 1 aromatic heterocycles. The minimum atomic E-state index is -3.27. The number of esters is 1. The summed E-state index contributed by atoms with van der Waals surface area (Å²) in [7, 11) is 1.15. The van der Waals surface area contributed by atoms with Gasteiger partial charge in [0.05, 0.1) is 12.5 Å². The molecule has 10 heteroatoms. The van der Waals surface area contributed by atoms with Crippen LogP contribution in [0.1, 0.15) is 23.7 Å². The molecule has 0 aliphatic rings. The number of nitrogens with zero attached hydrogens (tertiary/aromatic N) is 1. The lowest BCUT2D eigenvalue weighted by Crippen LogP contribution is -2.14. The van der Waals surface area contributed by atoms with Crippen molar-refractivity contribution in [3.05, 3.63) is 63.8 Å². The molecule has 3 rings (SSSR count). The van der Waals surface area contributed by atoms with Gasteiger partial charge in [0.15, 0.2) is 6.61 Å². The molecule has 170 valence electrons. The van der Waals surface area contributed by atoms with Crippen molar-refractivity contribution in [3.63, 3.8) is 0 Å². The average molecular weight is 472 g/mol. The molecule has 0 radical (unpaired) electrons. The topological polar surface area (TPSA) is 57.7 Å². The molecule has 2 aromatic carbocycles. The van der Waals surface area contributed by atoms with Gasteiger partial charge in [0, 0.05) is 22.7 Å². The molecule has 0 saturated heterocycles. The third-order valence-electron chi connectivity index (χ3n) is 4.68. The van der Waals surface area contributed by atoms with Gasteiger partial charge < -0.3 is 14.2 Å². The minimum absolute atomic E-state index is 0.115. The van der Waals surface area contributed by atoms with Gasteiger partial charge in [-0.05, 0) is 36.2 Å². The van der Waals surface area contributed by atoms with Crippen LogP contribution in [0.5, 0.6) is 11.5 Å². The molecule has 0 bridgehead atoms. The van der Waals surface area contributed by atoms with Crippen molar-refractivity contribution in [2.75, 3.05) is 13.7 Å². The summed E-state index contributed by atoms with van der Waals surface area (Å²) in [6, 6.07) is 6.16. The predicted octanol–water partition coefficient (Wildman–Crippen LogP) is 5.47. The van der Waals surface area contributed by atoms with E-state index in [0.29, 0.717) is 0 Å². The van der Waals surface area contributed by atoms with Crippen LogP contribution in [-0.2, 0) is 22.4 Å². The zero-order chi connectivity index (χ0) is 23.4. The zero-order valence-electron chi connectivity index (χ0n) is 17.1. The van der Waals surface area contributed by atoms with E-state index >= 15 is 0 Å². The van der Waals surface area contributed by atoms with Gasteiger partial charge in [-0.15, -0.1) is 0 Å². The number of pyridine rings is 1. The summed E-state index contributed by atoms with van der Waals surface area (Å²) in [4.78, 5) is 15.8. The maximum atomic E-state index is 14.6. The van der Waals surface area contributed by atoms with Crippen LogP contribution in [0.2, 0.25) is 5.02 Å². The van der Waals surface area contributed by atoms with E-state index in [9.17, 15) is 22.4 Å². The molecule has 1 heterocycles. The average Bonchev–Trinajstić information content (AvgIpc) is 2.75. The molecular formula is C22H18ClF4NO4. The van der Waals surface area contributed by atoms with E-state index in [4.69, 9.17) is 21.1 Å².